The zero-order valence-electron chi connectivity index (χ0n) is 26.5. The predicted octanol–water partition coefficient (Wildman–Crippen LogP) is 4.23. The monoisotopic (exact) mass is 622 g/mol. The van der Waals surface area contributed by atoms with Crippen LogP contribution in [0.1, 0.15) is 50.5 Å². The van der Waals surface area contributed by atoms with Gasteiger partial charge in [-0.3, -0.25) is 14.5 Å². The number of carbonyl (C=O) groups is 3. The van der Waals surface area contributed by atoms with Gasteiger partial charge in [-0.1, -0.05) is 34.6 Å². The quantitative estimate of drug-likeness (QED) is 0.186. The molecule has 2 saturated heterocycles. The van der Waals surface area contributed by atoms with Crippen molar-refractivity contribution < 1.29 is 23.9 Å². The van der Waals surface area contributed by atoms with Crippen LogP contribution in [0, 0.1) is 11.3 Å². The molecule has 0 bridgehead atoms. The first-order chi connectivity index (χ1) is 21.2. The normalized spacial score (nSPS) is 19.4. The van der Waals surface area contributed by atoms with E-state index in [0.29, 0.717) is 29.9 Å². The van der Waals surface area contributed by atoms with Gasteiger partial charge in [0.05, 0.1) is 60.6 Å². The largest absolute Gasteiger partial charge is 0.465 e. The molecule has 2 unspecified atom stereocenters. The molecule has 2 fully saturated rings. The number of rotatable bonds is 6. The molecule has 12 heteroatoms. The maximum Gasteiger partial charge on any atom is 0.337 e. The summed E-state index contributed by atoms with van der Waals surface area (Å²) in [5, 5.41) is 8.63. The number of morpholine rings is 1. The molecule has 11 nitrogen and oxygen atoms in total. The van der Waals surface area contributed by atoms with E-state index in [4.69, 9.17) is 9.47 Å². The topological polar surface area (TPSA) is 120 Å². The Morgan fingerprint density at radius 2 is 1.95 bits per heavy atom. The van der Waals surface area contributed by atoms with Crippen molar-refractivity contribution in [3.63, 3.8) is 0 Å². The molecule has 44 heavy (non-hydrogen) atoms. The van der Waals surface area contributed by atoms with E-state index in [0.717, 1.165) is 35.1 Å². The van der Waals surface area contributed by atoms with Gasteiger partial charge in [0, 0.05) is 42.4 Å². The molecule has 6 rings (SSSR count). The molecule has 0 aliphatic carbocycles. The number of nitrogens with one attached hydrogen (secondary N) is 1. The number of benzene rings is 1. The Morgan fingerprint density at radius 3 is 2.59 bits per heavy atom. The summed E-state index contributed by atoms with van der Waals surface area (Å²) in [5.41, 5.74) is 3.38. The summed E-state index contributed by atoms with van der Waals surface area (Å²) in [6.07, 6.45) is 6.95. The van der Waals surface area contributed by atoms with E-state index in [9.17, 15) is 14.4 Å². The molecule has 1 aromatic carbocycles. The van der Waals surface area contributed by atoms with Crippen LogP contribution in [-0.2, 0) is 32.2 Å². The number of ether oxygens (including phenoxy) is 2. The average molecular weight is 623 g/mol. The molecule has 2 aliphatic heterocycles. The van der Waals surface area contributed by atoms with Gasteiger partial charge in [0.2, 0.25) is 11.8 Å². The summed E-state index contributed by atoms with van der Waals surface area (Å²) >= 11 is 3.53. The number of carbonyl (C=O) groups excluding carboxylic acids is 3. The lowest BCUT2D eigenvalue weighted by atomic mass is 9.82. The Balaban J connectivity index is 0.00000106. The third-order valence-corrected chi connectivity index (χ3v) is 8.26. The Morgan fingerprint density at radius 1 is 1.20 bits per heavy atom. The lowest BCUT2D eigenvalue weighted by Crippen LogP contribution is -2.40. The molecule has 4 aromatic rings. The first kappa shape index (κ1) is 33.2. The second-order valence-corrected chi connectivity index (χ2v) is 11.1. The maximum atomic E-state index is 13.0. The molecule has 2 amide bonds. The summed E-state index contributed by atoms with van der Waals surface area (Å²) in [7, 11) is 1.36. The summed E-state index contributed by atoms with van der Waals surface area (Å²) < 4.78 is 14.8. The van der Waals surface area contributed by atoms with E-state index in [1.165, 1.54) is 18.3 Å². The number of thiol groups is 1. The van der Waals surface area contributed by atoms with Crippen LogP contribution in [0.25, 0.3) is 27.7 Å². The van der Waals surface area contributed by atoms with Crippen LogP contribution in [0.5, 0.6) is 0 Å². The number of aromatic nitrogens is 4. The van der Waals surface area contributed by atoms with Crippen molar-refractivity contribution in [2.45, 2.75) is 53.8 Å². The van der Waals surface area contributed by atoms with Crippen LogP contribution in [0.15, 0.2) is 43.0 Å². The minimum atomic E-state index is -0.746. The van der Waals surface area contributed by atoms with Crippen LogP contribution >= 0.6 is 12.6 Å². The fraction of sp³-hybridized carbons (Fsp3) is 0.469. The van der Waals surface area contributed by atoms with Crippen molar-refractivity contribution in [2.75, 3.05) is 33.1 Å². The molecule has 236 valence electrons. The number of methoxy groups -OCH3 is 1. The number of fused-ring (bicyclic) bond motifs is 2. The smallest absolute Gasteiger partial charge is 0.337 e. The zero-order valence-corrected chi connectivity index (χ0v) is 27.4. The van der Waals surface area contributed by atoms with Crippen LogP contribution < -0.4 is 5.32 Å². The van der Waals surface area contributed by atoms with Crippen molar-refractivity contribution in [2.24, 2.45) is 11.3 Å². The molecule has 2 aliphatic rings. The van der Waals surface area contributed by atoms with Crippen molar-refractivity contribution in [3.05, 3.63) is 54.1 Å². The fourth-order valence-electron chi connectivity index (χ4n) is 5.66. The summed E-state index contributed by atoms with van der Waals surface area (Å²) in [6, 6.07) is 7.47. The van der Waals surface area contributed by atoms with Gasteiger partial charge in [0.1, 0.15) is 6.33 Å². The number of esters is 1. The molecular weight excluding hydrogens is 580 g/mol. The van der Waals surface area contributed by atoms with Gasteiger partial charge in [-0.05, 0) is 36.1 Å². The van der Waals surface area contributed by atoms with Gasteiger partial charge in [-0.25, -0.2) is 14.3 Å². The number of hydrogen-bond donors (Lipinski definition) is 2. The van der Waals surface area contributed by atoms with Crippen LogP contribution in [-0.4, -0.2) is 81.0 Å². The van der Waals surface area contributed by atoms with E-state index < -0.39 is 17.3 Å². The highest BCUT2D eigenvalue weighted by atomic mass is 32.1. The molecular formula is C32H42N6O5S. The van der Waals surface area contributed by atoms with Crippen LogP contribution in [0.4, 0.5) is 0 Å². The highest BCUT2D eigenvalue weighted by Crippen LogP contribution is 2.38. The second-order valence-electron chi connectivity index (χ2n) is 11.1. The number of hydrogen-bond acceptors (Lipinski definition) is 9. The number of imide groups is 1. The summed E-state index contributed by atoms with van der Waals surface area (Å²) in [5.74, 6) is -1.20. The third kappa shape index (κ3) is 6.11. The Labute approximate surface area is 263 Å². The maximum absolute atomic E-state index is 13.0. The minimum Gasteiger partial charge on any atom is -0.465 e. The van der Waals surface area contributed by atoms with E-state index >= 15 is 0 Å². The molecule has 3 aromatic heterocycles. The molecule has 0 spiro atoms. The third-order valence-electron chi connectivity index (χ3n) is 8.26. The lowest BCUT2D eigenvalue weighted by Gasteiger charge is -2.24. The zero-order chi connectivity index (χ0) is 32.2. The molecule has 2 atom stereocenters. The lowest BCUT2D eigenvalue weighted by molar-refractivity contribution is -0.141. The first-order valence-corrected chi connectivity index (χ1v) is 15.7. The van der Waals surface area contributed by atoms with E-state index in [-0.39, 0.29) is 24.5 Å². The average Bonchev–Trinajstić information content (AvgIpc) is 3.70. The number of likely N-dealkylation sites (tertiary alicyclic amines) is 1. The van der Waals surface area contributed by atoms with Gasteiger partial charge >= 0.3 is 5.97 Å². The van der Waals surface area contributed by atoms with Crippen LogP contribution in [0.3, 0.4) is 0 Å². The van der Waals surface area contributed by atoms with Crippen LogP contribution in [0.2, 0.25) is 0 Å². The van der Waals surface area contributed by atoms with Crippen molar-refractivity contribution in [3.8, 4) is 11.3 Å². The first-order valence-electron chi connectivity index (χ1n) is 14.9. The van der Waals surface area contributed by atoms with E-state index in [2.05, 4.69) is 32.6 Å². The van der Waals surface area contributed by atoms with Crippen molar-refractivity contribution in [1.82, 2.24) is 29.4 Å². The molecule has 0 radical (unpaired) electrons. The molecule has 0 saturated carbocycles. The van der Waals surface area contributed by atoms with Gasteiger partial charge in [-0.15, -0.1) is 0 Å². The SMILES string of the molecule is CC.COC(=O)c1cc(-c2ncnn3cc(CN4C(=O)C(C)C(C)(C)C4=O)cc23)c2c(ccn2CC2CNCCO2)c1.CS. The van der Waals surface area contributed by atoms with Crippen molar-refractivity contribution in [1.29, 1.82) is 0 Å². The van der Waals surface area contributed by atoms with Gasteiger partial charge in [-0.2, -0.15) is 17.7 Å². The van der Waals surface area contributed by atoms with Crippen molar-refractivity contribution >= 4 is 46.8 Å². The minimum absolute atomic E-state index is 0.00461. The molecule has 1 N–H and O–H groups in total. The highest BCUT2D eigenvalue weighted by Gasteiger charge is 2.50. The fourth-order valence-corrected chi connectivity index (χ4v) is 5.66. The van der Waals surface area contributed by atoms with Gasteiger partial charge < -0.3 is 19.4 Å². The second kappa shape index (κ2) is 13.9. The number of amides is 2. The Bertz CT molecular complexity index is 1660. The highest BCUT2D eigenvalue weighted by molar-refractivity contribution is 7.79. The standard InChI is InChI=1S/C29H32N6O5.C2H6.CH4S/c1-17-26(36)34(28(38)29(17,2)3)13-18-9-23-24(31-16-32-35(23)14-18)22-11-20(27(37)39-4)10-19-5-7-33(25(19)22)15-21-12-30-6-8-40-21;2*1-2/h5,7,9-11,14,16-17,21,30H,6,8,12-13,15H2,1-4H3;1-2H3;2H,1H3. The Kier molecular flexibility index (Phi) is 10.5. The summed E-state index contributed by atoms with van der Waals surface area (Å²) in [4.78, 5) is 44.5. The Hall–Kier alpha value is -3.74. The number of nitrogens with zero attached hydrogens (tertiary/aromatic N) is 5. The predicted molar refractivity (Wildman–Crippen MR) is 173 cm³/mol. The van der Waals surface area contributed by atoms with Gasteiger partial charge in [0.25, 0.3) is 0 Å². The summed E-state index contributed by atoms with van der Waals surface area (Å²) in [6.45, 7) is 12.4. The molecule has 5 heterocycles. The van der Waals surface area contributed by atoms with E-state index in [1.54, 1.807) is 43.8 Å². The van der Waals surface area contributed by atoms with E-state index in [1.807, 2.05) is 38.2 Å². The van der Waals surface area contributed by atoms with Gasteiger partial charge in [0.15, 0.2) is 0 Å².